The monoisotopic (exact) mass is 521 g/mol. The van der Waals surface area contributed by atoms with E-state index in [2.05, 4.69) is 5.32 Å². The molecule has 0 bridgehead atoms. The maximum Gasteiger partial charge on any atom is 0.335 e. The lowest BCUT2D eigenvalue weighted by Crippen LogP contribution is -2.28. The molecule has 0 aliphatic rings. The summed E-state index contributed by atoms with van der Waals surface area (Å²) in [6, 6.07) is 16.9. The van der Waals surface area contributed by atoms with Gasteiger partial charge in [0.1, 0.15) is 0 Å². The number of methoxy groups -OCH3 is 2. The second kappa shape index (κ2) is 12.0. The molecule has 4 rings (SSSR count). The van der Waals surface area contributed by atoms with Crippen molar-refractivity contribution >= 4 is 22.8 Å². The van der Waals surface area contributed by atoms with Gasteiger partial charge in [0.2, 0.25) is 11.8 Å². The van der Waals surface area contributed by atoms with Gasteiger partial charge in [-0.05, 0) is 30.3 Å². The number of aromatic nitrogens is 2. The lowest BCUT2D eigenvalue weighted by molar-refractivity contribution is -0.146. The number of nitrogens with zero attached hydrogens (tertiary/aromatic N) is 2. The van der Waals surface area contributed by atoms with Crippen LogP contribution in [0.5, 0.6) is 23.3 Å². The van der Waals surface area contributed by atoms with Crippen LogP contribution >= 0.6 is 0 Å². The number of nitrogens with one attached hydrogen (secondary N) is 1. The van der Waals surface area contributed by atoms with E-state index in [0.29, 0.717) is 38.4 Å². The van der Waals surface area contributed by atoms with Crippen molar-refractivity contribution in [1.29, 1.82) is 0 Å². The van der Waals surface area contributed by atoms with E-state index in [0.717, 1.165) is 5.56 Å². The molecule has 11 heteroatoms. The first kappa shape index (κ1) is 26.3. The molecule has 0 spiro atoms. The molecule has 11 nitrogen and oxygen atoms in total. The Kier molecular flexibility index (Phi) is 8.29. The smallest absolute Gasteiger partial charge is 0.335 e. The third-order valence-corrected chi connectivity index (χ3v) is 5.61. The van der Waals surface area contributed by atoms with E-state index in [1.165, 1.54) is 12.1 Å². The quantitative estimate of drug-likeness (QED) is 0.254. The van der Waals surface area contributed by atoms with Crippen molar-refractivity contribution in [3.63, 3.8) is 0 Å². The highest BCUT2D eigenvalue weighted by Crippen LogP contribution is 2.33. The van der Waals surface area contributed by atoms with Crippen LogP contribution in [-0.2, 0) is 9.53 Å². The minimum Gasteiger partial charge on any atom is -0.493 e. The zero-order valence-corrected chi connectivity index (χ0v) is 20.8. The standard InChI is InChI=1S/C27H27N3O8/c1-35-22-8-7-17(15-23(22)36-2)21-16-19(18-5-3-4-6-20(18)29-21)27(34)28-12-14-37-13-11-26(33)38-30-24(31)9-10-25(30)32/h3-10,15-16,31-32H,11-14H2,1-2H3,(H,28,34). The molecule has 0 saturated carbocycles. The molecule has 0 atom stereocenters. The molecule has 2 aromatic heterocycles. The summed E-state index contributed by atoms with van der Waals surface area (Å²) in [6.45, 7) is 0.388. The van der Waals surface area contributed by atoms with E-state index in [9.17, 15) is 19.8 Å². The van der Waals surface area contributed by atoms with Gasteiger partial charge in [-0.1, -0.05) is 18.2 Å². The second-order valence-corrected chi connectivity index (χ2v) is 8.07. The van der Waals surface area contributed by atoms with Crippen LogP contribution in [0, 0.1) is 0 Å². The highest BCUT2D eigenvalue weighted by Gasteiger charge is 2.16. The molecule has 0 aliphatic carbocycles. The van der Waals surface area contributed by atoms with Gasteiger partial charge in [0.25, 0.3) is 5.91 Å². The van der Waals surface area contributed by atoms with Gasteiger partial charge < -0.3 is 34.6 Å². The fourth-order valence-electron chi connectivity index (χ4n) is 3.74. The van der Waals surface area contributed by atoms with Gasteiger partial charge in [0, 0.05) is 29.6 Å². The lowest BCUT2D eigenvalue weighted by Gasteiger charge is -2.13. The van der Waals surface area contributed by atoms with Crippen molar-refractivity contribution in [2.45, 2.75) is 6.42 Å². The van der Waals surface area contributed by atoms with Crippen LogP contribution in [0.25, 0.3) is 22.2 Å². The molecule has 0 unspecified atom stereocenters. The maximum absolute atomic E-state index is 13.1. The van der Waals surface area contributed by atoms with E-state index >= 15 is 0 Å². The average Bonchev–Trinajstić information content (AvgIpc) is 3.25. The Morgan fingerprint density at radius 2 is 1.66 bits per heavy atom. The number of aromatic hydroxyl groups is 2. The van der Waals surface area contributed by atoms with Gasteiger partial charge in [0.15, 0.2) is 11.5 Å². The van der Waals surface area contributed by atoms with E-state index in [1.54, 1.807) is 32.4 Å². The third kappa shape index (κ3) is 5.95. The molecule has 3 N–H and O–H groups in total. The number of carbonyl (C=O) groups is 2. The third-order valence-electron chi connectivity index (χ3n) is 5.61. The SMILES string of the molecule is COc1ccc(-c2cc(C(=O)NCCOCCC(=O)On3c(O)ccc3O)c3ccccc3n2)cc1OC. The zero-order valence-electron chi connectivity index (χ0n) is 20.8. The summed E-state index contributed by atoms with van der Waals surface area (Å²) in [4.78, 5) is 34.5. The van der Waals surface area contributed by atoms with E-state index in [4.69, 9.17) is 24.0 Å². The molecule has 1 amide bonds. The first-order valence-electron chi connectivity index (χ1n) is 11.7. The summed E-state index contributed by atoms with van der Waals surface area (Å²) in [6.07, 6.45) is -0.116. The lowest BCUT2D eigenvalue weighted by atomic mass is 10.0. The van der Waals surface area contributed by atoms with Crippen LogP contribution in [0.2, 0.25) is 0 Å². The number of ether oxygens (including phenoxy) is 3. The first-order chi connectivity index (χ1) is 18.4. The molecular formula is C27H27N3O8. The summed E-state index contributed by atoms with van der Waals surface area (Å²) >= 11 is 0. The van der Waals surface area contributed by atoms with Crippen LogP contribution in [0.4, 0.5) is 0 Å². The van der Waals surface area contributed by atoms with E-state index < -0.39 is 17.7 Å². The molecular weight excluding hydrogens is 494 g/mol. The van der Waals surface area contributed by atoms with Gasteiger partial charge in [-0.3, -0.25) is 4.79 Å². The number of carbonyl (C=O) groups excluding carboxylic acids is 2. The Bertz CT molecular complexity index is 1430. The molecule has 2 heterocycles. The summed E-state index contributed by atoms with van der Waals surface area (Å²) in [7, 11) is 3.11. The Labute approximate surface area is 218 Å². The van der Waals surface area contributed by atoms with Crippen LogP contribution in [0.1, 0.15) is 16.8 Å². The van der Waals surface area contributed by atoms with E-state index in [1.807, 2.05) is 30.3 Å². The number of pyridine rings is 1. The maximum atomic E-state index is 13.1. The minimum absolute atomic E-state index is 0.0269. The number of hydrogen-bond donors (Lipinski definition) is 3. The van der Waals surface area contributed by atoms with Crippen molar-refractivity contribution in [1.82, 2.24) is 15.0 Å². The molecule has 0 saturated heterocycles. The highest BCUT2D eigenvalue weighted by molar-refractivity contribution is 6.07. The fourth-order valence-corrected chi connectivity index (χ4v) is 3.74. The molecule has 0 fully saturated rings. The molecule has 0 radical (unpaired) electrons. The first-order valence-corrected chi connectivity index (χ1v) is 11.7. The Balaban J connectivity index is 1.36. The van der Waals surface area contributed by atoms with Crippen molar-refractivity contribution in [2.75, 3.05) is 34.0 Å². The second-order valence-electron chi connectivity index (χ2n) is 8.07. The van der Waals surface area contributed by atoms with Crippen LogP contribution < -0.4 is 19.6 Å². The molecule has 2 aromatic carbocycles. The largest absolute Gasteiger partial charge is 0.493 e. The van der Waals surface area contributed by atoms with Crippen LogP contribution in [0.15, 0.2) is 60.7 Å². The number of fused-ring (bicyclic) bond motifs is 1. The van der Waals surface area contributed by atoms with E-state index in [-0.39, 0.29) is 32.1 Å². The number of hydrogen-bond acceptors (Lipinski definition) is 9. The summed E-state index contributed by atoms with van der Waals surface area (Å²) < 4.78 is 16.7. The Morgan fingerprint density at radius 1 is 0.921 bits per heavy atom. The average molecular weight is 522 g/mol. The molecule has 4 aromatic rings. The minimum atomic E-state index is -0.707. The summed E-state index contributed by atoms with van der Waals surface area (Å²) in [5.74, 6) is -0.679. The number of amides is 1. The van der Waals surface area contributed by atoms with Crippen LogP contribution in [0.3, 0.4) is 0 Å². The highest BCUT2D eigenvalue weighted by atomic mass is 16.7. The molecule has 198 valence electrons. The Morgan fingerprint density at radius 3 is 2.39 bits per heavy atom. The number of para-hydroxylation sites is 1. The topological polar surface area (TPSA) is 141 Å². The van der Waals surface area contributed by atoms with Gasteiger partial charge >= 0.3 is 5.97 Å². The van der Waals surface area contributed by atoms with Crippen molar-refractivity contribution in [3.05, 3.63) is 66.2 Å². The van der Waals surface area contributed by atoms with Gasteiger partial charge in [-0.25, -0.2) is 9.78 Å². The predicted octanol–water partition coefficient (Wildman–Crippen LogP) is 2.92. The van der Waals surface area contributed by atoms with Crippen LogP contribution in [-0.4, -0.2) is 65.8 Å². The molecule has 0 aliphatic heterocycles. The number of benzene rings is 2. The Hall–Kier alpha value is -4.77. The van der Waals surface area contributed by atoms with Crippen molar-refractivity contribution in [3.8, 4) is 34.5 Å². The predicted molar refractivity (Wildman–Crippen MR) is 137 cm³/mol. The van der Waals surface area contributed by atoms with Crippen molar-refractivity contribution in [2.24, 2.45) is 0 Å². The number of rotatable bonds is 11. The van der Waals surface area contributed by atoms with Gasteiger partial charge in [0.05, 0.1) is 50.6 Å². The van der Waals surface area contributed by atoms with Gasteiger partial charge in [-0.2, -0.15) is 0 Å². The summed E-state index contributed by atoms with van der Waals surface area (Å²) in [5.41, 5.74) is 2.48. The fraction of sp³-hybridized carbons (Fsp3) is 0.222. The zero-order chi connectivity index (χ0) is 27.1. The van der Waals surface area contributed by atoms with Crippen molar-refractivity contribution < 1.29 is 38.9 Å². The van der Waals surface area contributed by atoms with Gasteiger partial charge in [-0.15, -0.1) is 4.73 Å². The normalized spacial score (nSPS) is 10.8. The summed E-state index contributed by atoms with van der Waals surface area (Å²) in [5, 5.41) is 22.5. The molecule has 38 heavy (non-hydrogen) atoms.